The first kappa shape index (κ1) is 21.8. The second-order valence-corrected chi connectivity index (χ2v) is 8.82. The molecule has 0 N–H and O–H groups in total. The molecule has 29 heavy (non-hydrogen) atoms. The van der Waals surface area contributed by atoms with Gasteiger partial charge in [-0.2, -0.15) is 0 Å². The molecule has 2 aromatic rings. The van der Waals surface area contributed by atoms with Gasteiger partial charge in [-0.25, -0.2) is 0 Å². The van der Waals surface area contributed by atoms with Gasteiger partial charge in [-0.15, -0.1) is 0 Å². The molecule has 3 rings (SSSR count). The van der Waals surface area contributed by atoms with Crippen LogP contribution in [0.2, 0.25) is 0 Å². The molecule has 0 spiro atoms. The lowest BCUT2D eigenvalue weighted by Gasteiger charge is -2.30. The fraction of sp³-hybridized carbons (Fsp3) is 0.519. The molecule has 0 fully saturated rings. The second-order valence-electron chi connectivity index (χ2n) is 8.82. The average molecular weight is 393 g/mol. The number of fused-ring (bicyclic) bond motifs is 3. The van der Waals surface area contributed by atoms with Crippen LogP contribution in [0.3, 0.4) is 0 Å². The van der Waals surface area contributed by atoms with Crippen LogP contribution >= 0.6 is 0 Å². The minimum Gasteiger partial charge on any atom is -0.380 e. The minimum absolute atomic E-state index is 0.316. The molecule has 1 aliphatic carbocycles. The number of hydrogen-bond acceptors (Lipinski definition) is 2. The van der Waals surface area contributed by atoms with E-state index in [2.05, 4.69) is 69.3 Å². The first-order chi connectivity index (χ1) is 14.1. The van der Waals surface area contributed by atoms with Gasteiger partial charge in [0.05, 0.1) is 6.61 Å². The lowest BCUT2D eigenvalue weighted by atomic mass is 9.73. The van der Waals surface area contributed by atoms with Gasteiger partial charge in [0, 0.05) is 13.0 Å². The van der Waals surface area contributed by atoms with Crippen molar-refractivity contribution in [3.8, 4) is 11.1 Å². The van der Waals surface area contributed by atoms with Crippen LogP contribution in [0.25, 0.3) is 11.1 Å². The van der Waals surface area contributed by atoms with Gasteiger partial charge in [-0.3, -0.25) is 4.79 Å². The first-order valence-electron chi connectivity index (χ1n) is 11.4. The van der Waals surface area contributed by atoms with Crippen LogP contribution in [-0.4, -0.2) is 19.0 Å². The van der Waals surface area contributed by atoms with Crippen molar-refractivity contribution < 1.29 is 9.53 Å². The summed E-state index contributed by atoms with van der Waals surface area (Å²) in [5, 5.41) is 0. The summed E-state index contributed by atoms with van der Waals surface area (Å²) >= 11 is 0. The molecule has 0 atom stereocenters. The normalized spacial score (nSPS) is 14.1. The van der Waals surface area contributed by atoms with E-state index >= 15 is 0 Å². The third-order valence-corrected chi connectivity index (χ3v) is 6.19. The van der Waals surface area contributed by atoms with Crippen LogP contribution in [0, 0.1) is 5.92 Å². The maximum Gasteiger partial charge on any atom is 0.150 e. The molecule has 0 aromatic heterocycles. The Bertz CT molecular complexity index is 760. The average Bonchev–Trinajstić information content (AvgIpc) is 3.02. The van der Waals surface area contributed by atoms with E-state index in [4.69, 9.17) is 4.74 Å². The summed E-state index contributed by atoms with van der Waals surface area (Å²) < 4.78 is 6.13. The highest BCUT2D eigenvalue weighted by atomic mass is 16.5. The maximum absolute atomic E-state index is 13.8. The largest absolute Gasteiger partial charge is 0.380 e. The molecule has 2 nitrogen and oxygen atoms in total. The summed E-state index contributed by atoms with van der Waals surface area (Å²) in [6.07, 6.45) is 7.29. The highest BCUT2D eigenvalue weighted by Crippen LogP contribution is 2.50. The van der Waals surface area contributed by atoms with Crippen LogP contribution < -0.4 is 0 Å². The SMILES string of the molecule is CCCCOCC1(C(=O)CCCCCC(C)C)c2ccccc2-c2ccccc21. The molecule has 0 aliphatic heterocycles. The van der Waals surface area contributed by atoms with E-state index in [0.717, 1.165) is 42.7 Å². The van der Waals surface area contributed by atoms with Gasteiger partial charge in [-0.1, -0.05) is 95.0 Å². The molecule has 0 heterocycles. The molecule has 0 radical (unpaired) electrons. The fourth-order valence-electron chi connectivity index (χ4n) is 4.56. The van der Waals surface area contributed by atoms with Gasteiger partial charge >= 0.3 is 0 Å². The van der Waals surface area contributed by atoms with Crippen molar-refractivity contribution in [2.45, 2.75) is 71.1 Å². The van der Waals surface area contributed by atoms with E-state index in [0.29, 0.717) is 25.4 Å². The van der Waals surface area contributed by atoms with E-state index < -0.39 is 5.41 Å². The van der Waals surface area contributed by atoms with Gasteiger partial charge < -0.3 is 4.74 Å². The molecule has 156 valence electrons. The monoisotopic (exact) mass is 392 g/mol. The van der Waals surface area contributed by atoms with Crippen LogP contribution in [0.5, 0.6) is 0 Å². The zero-order valence-electron chi connectivity index (χ0n) is 18.4. The number of carbonyl (C=O) groups excluding carboxylic acids is 1. The summed E-state index contributed by atoms with van der Waals surface area (Å²) in [7, 11) is 0. The van der Waals surface area contributed by atoms with E-state index in [1.807, 2.05) is 0 Å². The van der Waals surface area contributed by atoms with Crippen molar-refractivity contribution >= 4 is 5.78 Å². The third kappa shape index (κ3) is 4.64. The number of rotatable bonds is 12. The highest BCUT2D eigenvalue weighted by molar-refractivity contribution is 6.01. The Morgan fingerprint density at radius 1 is 0.897 bits per heavy atom. The number of carbonyl (C=O) groups is 1. The molecule has 2 aromatic carbocycles. The fourth-order valence-corrected chi connectivity index (χ4v) is 4.56. The van der Waals surface area contributed by atoms with Crippen molar-refractivity contribution in [1.82, 2.24) is 0 Å². The van der Waals surface area contributed by atoms with Gasteiger partial charge in [0.25, 0.3) is 0 Å². The number of benzene rings is 2. The van der Waals surface area contributed by atoms with Crippen LogP contribution in [0.15, 0.2) is 48.5 Å². The molecule has 0 saturated heterocycles. The van der Waals surface area contributed by atoms with Gasteiger partial charge in [0.1, 0.15) is 11.2 Å². The number of unbranched alkanes of at least 4 members (excludes halogenated alkanes) is 3. The molecule has 2 heteroatoms. The quantitative estimate of drug-likeness (QED) is 0.365. The Balaban J connectivity index is 1.87. The Kier molecular flexibility index (Phi) is 7.66. The lowest BCUT2D eigenvalue weighted by Crippen LogP contribution is -2.40. The van der Waals surface area contributed by atoms with Crippen molar-refractivity contribution in [2.75, 3.05) is 13.2 Å². The summed E-state index contributed by atoms with van der Waals surface area (Å²) in [6, 6.07) is 16.8. The molecule has 0 unspecified atom stereocenters. The highest BCUT2D eigenvalue weighted by Gasteiger charge is 2.48. The smallest absolute Gasteiger partial charge is 0.150 e. The maximum atomic E-state index is 13.8. The van der Waals surface area contributed by atoms with Crippen molar-refractivity contribution in [3.05, 3.63) is 59.7 Å². The first-order valence-corrected chi connectivity index (χ1v) is 11.4. The van der Waals surface area contributed by atoms with E-state index in [-0.39, 0.29) is 0 Å². The zero-order valence-corrected chi connectivity index (χ0v) is 18.4. The van der Waals surface area contributed by atoms with Gasteiger partial charge in [0.2, 0.25) is 0 Å². The van der Waals surface area contributed by atoms with Crippen molar-refractivity contribution in [2.24, 2.45) is 5.92 Å². The van der Waals surface area contributed by atoms with Gasteiger partial charge in [0.15, 0.2) is 0 Å². The van der Waals surface area contributed by atoms with Gasteiger partial charge in [-0.05, 0) is 41.0 Å². The molecule has 0 saturated carbocycles. The third-order valence-electron chi connectivity index (χ3n) is 6.19. The predicted octanol–water partition coefficient (Wildman–Crippen LogP) is 6.95. The Morgan fingerprint density at radius 2 is 1.52 bits per heavy atom. The molecular formula is C27H36O2. The van der Waals surface area contributed by atoms with E-state index in [9.17, 15) is 4.79 Å². The predicted molar refractivity (Wildman–Crippen MR) is 121 cm³/mol. The standard InChI is InChI=1S/C27H36O2/c1-4-5-19-29-20-27(26(28)18-8-6-7-13-21(2)3)24-16-11-9-14-22(24)23-15-10-12-17-25(23)27/h9-12,14-17,21H,4-8,13,18-20H2,1-3H3. The lowest BCUT2D eigenvalue weighted by molar-refractivity contribution is -0.125. The van der Waals surface area contributed by atoms with Crippen LogP contribution in [-0.2, 0) is 14.9 Å². The topological polar surface area (TPSA) is 26.3 Å². The molecule has 1 aliphatic rings. The number of Topliss-reactive ketones (excluding diaryl/α,β-unsaturated/α-hetero) is 1. The van der Waals surface area contributed by atoms with Crippen molar-refractivity contribution in [1.29, 1.82) is 0 Å². The molecule has 0 bridgehead atoms. The summed E-state index contributed by atoms with van der Waals surface area (Å²) in [5.41, 5.74) is 3.99. The summed E-state index contributed by atoms with van der Waals surface area (Å²) in [4.78, 5) is 13.8. The molecular weight excluding hydrogens is 356 g/mol. The Hall–Kier alpha value is -1.93. The van der Waals surface area contributed by atoms with Crippen LogP contribution in [0.1, 0.15) is 76.8 Å². The van der Waals surface area contributed by atoms with Crippen LogP contribution in [0.4, 0.5) is 0 Å². The summed E-state index contributed by atoms with van der Waals surface area (Å²) in [6.45, 7) is 7.86. The van der Waals surface area contributed by atoms with E-state index in [1.165, 1.54) is 24.0 Å². The van der Waals surface area contributed by atoms with E-state index in [1.54, 1.807) is 0 Å². The second kappa shape index (κ2) is 10.2. The minimum atomic E-state index is -0.654. The molecule has 0 amide bonds. The zero-order chi connectivity index (χ0) is 20.7. The Labute approximate surface area is 176 Å². The van der Waals surface area contributed by atoms with Crippen molar-refractivity contribution in [3.63, 3.8) is 0 Å². The number of ketones is 1. The Morgan fingerprint density at radius 3 is 2.10 bits per heavy atom. The summed E-state index contributed by atoms with van der Waals surface area (Å²) in [5.74, 6) is 1.05. The number of hydrogen-bond donors (Lipinski definition) is 0. The number of ether oxygens (including phenoxy) is 1.